The summed E-state index contributed by atoms with van der Waals surface area (Å²) >= 11 is 5.84. The number of carbonyl (C=O) groups is 2. The summed E-state index contributed by atoms with van der Waals surface area (Å²) < 4.78 is 1.77. The first-order valence-corrected chi connectivity index (χ1v) is 9.73. The second kappa shape index (κ2) is 8.39. The molecule has 150 valence electrons. The lowest BCUT2D eigenvalue weighted by atomic mass is 10.1. The van der Waals surface area contributed by atoms with Crippen LogP contribution in [0.2, 0.25) is 5.02 Å². The predicted molar refractivity (Wildman–Crippen MR) is 117 cm³/mol. The summed E-state index contributed by atoms with van der Waals surface area (Å²) in [5.41, 5.74) is 6.89. The van der Waals surface area contributed by atoms with E-state index in [9.17, 15) is 14.4 Å². The minimum Gasteiger partial charge on any atom is -0.331 e. The smallest absolute Gasteiger partial charge is 0.258 e. The highest BCUT2D eigenvalue weighted by atomic mass is 35.5. The molecule has 0 spiro atoms. The number of hydrogen-bond acceptors (Lipinski definition) is 3. The average Bonchev–Trinajstić information content (AvgIpc) is 2.77. The molecule has 4 aromatic rings. The molecule has 1 heterocycles. The molecule has 4 rings (SSSR count). The molecule has 0 fully saturated rings. The Morgan fingerprint density at radius 2 is 1.30 bits per heavy atom. The normalized spacial score (nSPS) is 10.8. The molecule has 0 atom stereocenters. The fourth-order valence-electron chi connectivity index (χ4n) is 3.40. The summed E-state index contributed by atoms with van der Waals surface area (Å²) in [7, 11) is 0. The van der Waals surface area contributed by atoms with Crippen molar-refractivity contribution in [3.63, 3.8) is 0 Å². The van der Waals surface area contributed by atoms with E-state index in [2.05, 4.69) is 10.9 Å². The number of amides is 2. The molecular weight excluding hydrogens is 402 g/mol. The SMILES string of the molecule is O=C(Cc1ccc(Cl)cc1)NNC(=O)Cn1c2ccccc2c(=O)c2ccccc21. The highest BCUT2D eigenvalue weighted by Gasteiger charge is 2.13. The van der Waals surface area contributed by atoms with Crippen LogP contribution in [-0.4, -0.2) is 16.4 Å². The third-order valence-electron chi connectivity index (χ3n) is 4.80. The highest BCUT2D eigenvalue weighted by Crippen LogP contribution is 2.18. The topological polar surface area (TPSA) is 80.2 Å². The Labute approximate surface area is 177 Å². The molecule has 0 aliphatic heterocycles. The van der Waals surface area contributed by atoms with Gasteiger partial charge in [0.25, 0.3) is 5.91 Å². The molecule has 6 nitrogen and oxygen atoms in total. The number of carbonyl (C=O) groups excluding carboxylic acids is 2. The van der Waals surface area contributed by atoms with Crippen molar-refractivity contribution in [2.24, 2.45) is 0 Å². The number of nitrogens with one attached hydrogen (secondary N) is 2. The fourth-order valence-corrected chi connectivity index (χ4v) is 3.53. The van der Waals surface area contributed by atoms with Crippen LogP contribution < -0.4 is 16.3 Å². The molecule has 30 heavy (non-hydrogen) atoms. The van der Waals surface area contributed by atoms with Crippen molar-refractivity contribution in [3.8, 4) is 0 Å². The third-order valence-corrected chi connectivity index (χ3v) is 5.05. The Balaban J connectivity index is 1.53. The van der Waals surface area contributed by atoms with Gasteiger partial charge in [0.05, 0.1) is 17.5 Å². The summed E-state index contributed by atoms with van der Waals surface area (Å²) in [6.45, 7) is -0.0530. The van der Waals surface area contributed by atoms with Crippen LogP contribution in [0.1, 0.15) is 5.56 Å². The molecular formula is C23H18ClN3O3. The molecule has 0 aliphatic rings. The number of nitrogens with zero attached hydrogens (tertiary/aromatic N) is 1. The Bertz CT molecular complexity index is 1250. The Morgan fingerprint density at radius 1 is 0.767 bits per heavy atom. The number of halogens is 1. The van der Waals surface area contributed by atoms with Gasteiger partial charge < -0.3 is 4.57 Å². The molecule has 7 heteroatoms. The van der Waals surface area contributed by atoms with E-state index >= 15 is 0 Å². The zero-order valence-electron chi connectivity index (χ0n) is 15.9. The second-order valence-electron chi connectivity index (χ2n) is 6.85. The molecule has 0 saturated carbocycles. The summed E-state index contributed by atoms with van der Waals surface area (Å²) in [6.07, 6.45) is 0.112. The first-order valence-electron chi connectivity index (χ1n) is 9.35. The molecule has 2 amide bonds. The van der Waals surface area contributed by atoms with Crippen molar-refractivity contribution in [1.29, 1.82) is 0 Å². The van der Waals surface area contributed by atoms with Crippen LogP contribution in [0.3, 0.4) is 0 Å². The molecule has 0 radical (unpaired) electrons. The molecule has 0 saturated heterocycles. The van der Waals surface area contributed by atoms with Gasteiger partial charge in [0.1, 0.15) is 6.54 Å². The number of para-hydroxylation sites is 2. The lowest BCUT2D eigenvalue weighted by Gasteiger charge is -2.15. The van der Waals surface area contributed by atoms with Gasteiger partial charge >= 0.3 is 0 Å². The number of hydrazine groups is 1. The maximum Gasteiger partial charge on any atom is 0.258 e. The van der Waals surface area contributed by atoms with Crippen LogP contribution in [0.4, 0.5) is 0 Å². The fraction of sp³-hybridized carbons (Fsp3) is 0.0870. The van der Waals surface area contributed by atoms with E-state index in [1.807, 2.05) is 12.1 Å². The van der Waals surface area contributed by atoms with Gasteiger partial charge in [-0.2, -0.15) is 0 Å². The van der Waals surface area contributed by atoms with Gasteiger partial charge in [0.15, 0.2) is 5.43 Å². The van der Waals surface area contributed by atoms with E-state index < -0.39 is 5.91 Å². The van der Waals surface area contributed by atoms with Crippen LogP contribution in [-0.2, 0) is 22.6 Å². The number of pyridine rings is 1. The summed E-state index contributed by atoms with van der Waals surface area (Å²) in [5, 5.41) is 1.67. The molecule has 0 aliphatic carbocycles. The predicted octanol–water partition coefficient (Wildman–Crippen LogP) is 3.20. The van der Waals surface area contributed by atoms with Gasteiger partial charge in [-0.1, -0.05) is 48.0 Å². The minimum absolute atomic E-state index is 0.0530. The summed E-state index contributed by atoms with van der Waals surface area (Å²) in [4.78, 5) is 37.4. The summed E-state index contributed by atoms with van der Waals surface area (Å²) in [6, 6.07) is 21.2. The second-order valence-corrected chi connectivity index (χ2v) is 7.29. The number of benzene rings is 3. The van der Waals surface area contributed by atoms with E-state index in [0.29, 0.717) is 26.8 Å². The number of rotatable bonds is 4. The van der Waals surface area contributed by atoms with Crippen molar-refractivity contribution in [3.05, 3.63) is 93.6 Å². The molecule has 3 aromatic carbocycles. The van der Waals surface area contributed by atoms with Gasteiger partial charge in [-0.25, -0.2) is 0 Å². The van der Waals surface area contributed by atoms with Crippen molar-refractivity contribution in [2.75, 3.05) is 0 Å². The maximum atomic E-state index is 12.8. The van der Waals surface area contributed by atoms with E-state index in [0.717, 1.165) is 5.56 Å². The largest absolute Gasteiger partial charge is 0.331 e. The van der Waals surface area contributed by atoms with Gasteiger partial charge in [-0.15, -0.1) is 0 Å². The van der Waals surface area contributed by atoms with E-state index in [4.69, 9.17) is 11.6 Å². The van der Waals surface area contributed by atoms with Crippen LogP contribution >= 0.6 is 11.6 Å². The van der Waals surface area contributed by atoms with Crippen molar-refractivity contribution in [2.45, 2.75) is 13.0 Å². The third kappa shape index (κ3) is 4.04. The van der Waals surface area contributed by atoms with E-state index in [-0.39, 0.29) is 24.3 Å². The Morgan fingerprint density at radius 3 is 1.90 bits per heavy atom. The quantitative estimate of drug-likeness (QED) is 0.394. The number of aromatic nitrogens is 1. The molecule has 0 bridgehead atoms. The molecule has 1 aromatic heterocycles. The number of fused-ring (bicyclic) bond motifs is 2. The Kier molecular flexibility index (Phi) is 5.50. The summed E-state index contributed by atoms with van der Waals surface area (Å²) in [5.74, 6) is -0.751. The van der Waals surface area contributed by atoms with Gasteiger partial charge in [0.2, 0.25) is 5.91 Å². The lowest BCUT2D eigenvalue weighted by molar-refractivity contribution is -0.128. The highest BCUT2D eigenvalue weighted by molar-refractivity contribution is 6.30. The molecule has 2 N–H and O–H groups in total. The number of hydrogen-bond donors (Lipinski definition) is 2. The van der Waals surface area contributed by atoms with Gasteiger partial charge in [0, 0.05) is 15.8 Å². The Hall–Kier alpha value is -3.64. The maximum absolute atomic E-state index is 12.8. The minimum atomic E-state index is -0.404. The van der Waals surface area contributed by atoms with E-state index in [1.54, 1.807) is 65.2 Å². The van der Waals surface area contributed by atoms with Crippen molar-refractivity contribution < 1.29 is 9.59 Å². The van der Waals surface area contributed by atoms with Crippen molar-refractivity contribution in [1.82, 2.24) is 15.4 Å². The van der Waals surface area contributed by atoms with Crippen LogP contribution in [0.5, 0.6) is 0 Å². The first kappa shape index (κ1) is 19.7. The average molecular weight is 420 g/mol. The monoisotopic (exact) mass is 419 g/mol. The van der Waals surface area contributed by atoms with Crippen LogP contribution in [0, 0.1) is 0 Å². The zero-order chi connectivity index (χ0) is 21.1. The zero-order valence-corrected chi connectivity index (χ0v) is 16.6. The van der Waals surface area contributed by atoms with E-state index in [1.165, 1.54) is 0 Å². The first-order chi connectivity index (χ1) is 14.5. The lowest BCUT2D eigenvalue weighted by Crippen LogP contribution is -2.44. The molecule has 0 unspecified atom stereocenters. The van der Waals surface area contributed by atoms with Gasteiger partial charge in [-0.3, -0.25) is 25.2 Å². The standard InChI is InChI=1S/C23H18ClN3O3/c24-16-11-9-15(10-12-16)13-21(28)25-26-22(29)14-27-19-7-3-1-5-17(19)23(30)18-6-2-4-8-20(18)27/h1-12H,13-14H2,(H,25,28)(H,26,29). The van der Waals surface area contributed by atoms with Gasteiger partial charge in [-0.05, 0) is 42.0 Å². The van der Waals surface area contributed by atoms with Crippen molar-refractivity contribution >= 4 is 45.2 Å². The van der Waals surface area contributed by atoms with Crippen LogP contribution in [0.15, 0.2) is 77.6 Å². The van der Waals surface area contributed by atoms with Crippen LogP contribution in [0.25, 0.3) is 21.8 Å².